The highest BCUT2D eigenvalue weighted by atomic mass is 16.5. The first kappa shape index (κ1) is 13.7. The molecule has 0 aliphatic heterocycles. The Morgan fingerprint density at radius 2 is 2.24 bits per heavy atom. The fraction of sp³-hybridized carbons (Fsp3) is 0.500. The van der Waals surface area contributed by atoms with Crippen LogP contribution in [0.15, 0.2) is 24.9 Å². The molecule has 0 saturated heterocycles. The summed E-state index contributed by atoms with van der Waals surface area (Å²) < 4.78 is 5.34. The van der Waals surface area contributed by atoms with Gasteiger partial charge in [-0.2, -0.15) is 0 Å². The number of pyridine rings is 1. The second kappa shape index (κ2) is 7.07. The molecule has 1 atom stereocenters. The first-order valence-corrected chi connectivity index (χ1v) is 6.20. The zero-order chi connectivity index (χ0) is 12.7. The van der Waals surface area contributed by atoms with E-state index in [1.165, 1.54) is 0 Å². The van der Waals surface area contributed by atoms with Gasteiger partial charge in [-0.3, -0.25) is 4.98 Å². The minimum atomic E-state index is 0.282. The third-order valence-electron chi connectivity index (χ3n) is 2.57. The fourth-order valence-electron chi connectivity index (χ4n) is 1.55. The maximum absolute atomic E-state index is 5.34. The Morgan fingerprint density at radius 3 is 2.76 bits per heavy atom. The van der Waals surface area contributed by atoms with Crippen LogP contribution in [0.25, 0.3) is 5.76 Å². The molecule has 94 valence electrons. The fourth-order valence-corrected chi connectivity index (χ4v) is 1.55. The number of hydrogen-bond donors (Lipinski definition) is 1. The van der Waals surface area contributed by atoms with E-state index in [2.05, 4.69) is 30.7 Å². The number of rotatable bonds is 7. The summed E-state index contributed by atoms with van der Waals surface area (Å²) in [4.78, 5) is 4.43. The van der Waals surface area contributed by atoms with Crippen molar-refractivity contribution < 1.29 is 4.74 Å². The predicted molar refractivity (Wildman–Crippen MR) is 71.6 cm³/mol. The maximum Gasteiger partial charge on any atom is 0.120 e. The second-order valence-corrected chi connectivity index (χ2v) is 4.00. The van der Waals surface area contributed by atoms with Crippen LogP contribution in [0.5, 0.6) is 0 Å². The lowest BCUT2D eigenvalue weighted by atomic mass is 10.1. The summed E-state index contributed by atoms with van der Waals surface area (Å²) in [5.74, 6) is 0.681. The molecule has 3 heteroatoms. The molecule has 0 saturated carbocycles. The molecular weight excluding hydrogens is 212 g/mol. The van der Waals surface area contributed by atoms with Crippen LogP contribution < -0.4 is 5.32 Å². The van der Waals surface area contributed by atoms with E-state index in [1.54, 1.807) is 0 Å². The Labute approximate surface area is 104 Å². The Morgan fingerprint density at radius 1 is 1.47 bits per heavy atom. The molecule has 0 amide bonds. The molecule has 1 aromatic rings. The van der Waals surface area contributed by atoms with Crippen LogP contribution in [-0.4, -0.2) is 18.1 Å². The average molecular weight is 234 g/mol. The van der Waals surface area contributed by atoms with Crippen molar-refractivity contribution in [3.8, 4) is 0 Å². The third-order valence-corrected chi connectivity index (χ3v) is 2.57. The van der Waals surface area contributed by atoms with Gasteiger partial charge in [-0.15, -0.1) is 0 Å². The Kier molecular flexibility index (Phi) is 5.70. The highest BCUT2D eigenvalue weighted by Crippen LogP contribution is 2.15. The number of hydrogen-bond acceptors (Lipinski definition) is 3. The Balaban J connectivity index is 2.64. The zero-order valence-electron chi connectivity index (χ0n) is 11.0. The molecule has 0 radical (unpaired) electrons. The molecule has 0 spiro atoms. The van der Waals surface area contributed by atoms with Gasteiger partial charge in [0, 0.05) is 17.8 Å². The van der Waals surface area contributed by atoms with Gasteiger partial charge in [0.25, 0.3) is 0 Å². The summed E-state index contributed by atoms with van der Waals surface area (Å²) in [6.45, 7) is 11.7. The summed E-state index contributed by atoms with van der Waals surface area (Å²) in [5, 5.41) is 3.41. The molecular formula is C14H22N2O. The van der Waals surface area contributed by atoms with Crippen molar-refractivity contribution in [3.63, 3.8) is 0 Å². The van der Waals surface area contributed by atoms with E-state index in [9.17, 15) is 0 Å². The van der Waals surface area contributed by atoms with Crippen LogP contribution >= 0.6 is 0 Å². The van der Waals surface area contributed by atoms with Crippen molar-refractivity contribution in [2.75, 3.05) is 13.2 Å². The van der Waals surface area contributed by atoms with Crippen LogP contribution in [-0.2, 0) is 4.74 Å². The first-order valence-electron chi connectivity index (χ1n) is 6.20. The van der Waals surface area contributed by atoms with Gasteiger partial charge in [0.2, 0.25) is 0 Å². The summed E-state index contributed by atoms with van der Waals surface area (Å²) in [7, 11) is 0. The summed E-state index contributed by atoms with van der Waals surface area (Å²) in [6.07, 6.45) is 2.95. The number of ether oxygens (including phenoxy) is 1. The number of nitrogens with zero attached hydrogens (tertiary/aromatic N) is 1. The van der Waals surface area contributed by atoms with Gasteiger partial charge in [-0.05, 0) is 38.9 Å². The van der Waals surface area contributed by atoms with Gasteiger partial charge in [0.15, 0.2) is 0 Å². The van der Waals surface area contributed by atoms with Gasteiger partial charge in [-0.1, -0.05) is 13.5 Å². The molecule has 0 aromatic carbocycles. The quantitative estimate of drug-likeness (QED) is 0.736. The number of nitrogens with one attached hydrogen (secondary N) is 1. The van der Waals surface area contributed by atoms with Gasteiger partial charge in [0.1, 0.15) is 5.76 Å². The van der Waals surface area contributed by atoms with Crippen molar-refractivity contribution in [2.24, 2.45) is 0 Å². The van der Waals surface area contributed by atoms with Crippen molar-refractivity contribution in [2.45, 2.75) is 33.2 Å². The minimum absolute atomic E-state index is 0.282. The lowest BCUT2D eigenvalue weighted by Gasteiger charge is -2.13. The minimum Gasteiger partial charge on any atom is -0.494 e. The first-order chi connectivity index (χ1) is 8.19. The highest BCUT2D eigenvalue weighted by molar-refractivity contribution is 5.56. The van der Waals surface area contributed by atoms with Gasteiger partial charge >= 0.3 is 0 Å². The van der Waals surface area contributed by atoms with E-state index >= 15 is 0 Å². The van der Waals surface area contributed by atoms with Gasteiger partial charge < -0.3 is 10.1 Å². The zero-order valence-corrected chi connectivity index (χ0v) is 11.0. The summed E-state index contributed by atoms with van der Waals surface area (Å²) in [5.41, 5.74) is 1.99. The molecule has 1 heterocycles. The SMILES string of the molecule is C=C(OCC)c1ccc(C(C)NCCC)nc1. The average Bonchev–Trinajstić information content (AvgIpc) is 2.36. The smallest absolute Gasteiger partial charge is 0.120 e. The Hall–Kier alpha value is -1.35. The van der Waals surface area contributed by atoms with Crippen LogP contribution in [0.3, 0.4) is 0 Å². The van der Waals surface area contributed by atoms with E-state index in [1.807, 2.05) is 25.3 Å². The molecule has 1 rings (SSSR count). The summed E-state index contributed by atoms with van der Waals surface area (Å²) >= 11 is 0. The molecule has 1 unspecified atom stereocenters. The lowest BCUT2D eigenvalue weighted by Crippen LogP contribution is -2.20. The lowest BCUT2D eigenvalue weighted by molar-refractivity contribution is 0.299. The standard InChI is InChI=1S/C14H22N2O/c1-5-9-15-11(3)14-8-7-13(10-16-14)12(4)17-6-2/h7-8,10-11,15H,4-6,9H2,1-3H3. The van der Waals surface area contributed by atoms with Gasteiger partial charge in [0.05, 0.1) is 12.3 Å². The number of aromatic nitrogens is 1. The van der Waals surface area contributed by atoms with Crippen LogP contribution in [0.2, 0.25) is 0 Å². The van der Waals surface area contributed by atoms with Crippen molar-refractivity contribution in [3.05, 3.63) is 36.2 Å². The molecule has 0 aliphatic rings. The van der Waals surface area contributed by atoms with Gasteiger partial charge in [-0.25, -0.2) is 0 Å². The molecule has 1 aromatic heterocycles. The molecule has 17 heavy (non-hydrogen) atoms. The van der Waals surface area contributed by atoms with Crippen LogP contribution in [0.1, 0.15) is 44.5 Å². The maximum atomic E-state index is 5.34. The van der Waals surface area contributed by atoms with Crippen molar-refractivity contribution in [1.29, 1.82) is 0 Å². The Bertz CT molecular complexity index is 346. The van der Waals surface area contributed by atoms with E-state index in [0.29, 0.717) is 12.4 Å². The van der Waals surface area contributed by atoms with E-state index in [-0.39, 0.29) is 6.04 Å². The normalized spacial score (nSPS) is 12.2. The largest absolute Gasteiger partial charge is 0.494 e. The molecule has 1 N–H and O–H groups in total. The topological polar surface area (TPSA) is 34.1 Å². The van der Waals surface area contributed by atoms with Crippen molar-refractivity contribution in [1.82, 2.24) is 10.3 Å². The van der Waals surface area contributed by atoms with Crippen LogP contribution in [0, 0.1) is 0 Å². The molecule has 0 bridgehead atoms. The van der Waals surface area contributed by atoms with E-state index in [0.717, 1.165) is 24.2 Å². The monoisotopic (exact) mass is 234 g/mol. The molecule has 0 aliphatic carbocycles. The summed E-state index contributed by atoms with van der Waals surface area (Å²) in [6, 6.07) is 4.31. The third kappa shape index (κ3) is 4.19. The predicted octanol–water partition coefficient (Wildman–Crippen LogP) is 3.15. The van der Waals surface area contributed by atoms with E-state index < -0.39 is 0 Å². The molecule has 0 fully saturated rings. The highest BCUT2D eigenvalue weighted by Gasteiger charge is 2.06. The van der Waals surface area contributed by atoms with Crippen LogP contribution in [0.4, 0.5) is 0 Å². The second-order valence-electron chi connectivity index (χ2n) is 4.00. The molecule has 3 nitrogen and oxygen atoms in total. The van der Waals surface area contributed by atoms with Crippen molar-refractivity contribution >= 4 is 5.76 Å². The van der Waals surface area contributed by atoms with E-state index in [4.69, 9.17) is 4.74 Å².